The first-order valence-corrected chi connectivity index (χ1v) is 7.84. The lowest BCUT2D eigenvalue weighted by Gasteiger charge is -2.23. The molecule has 0 heterocycles. The summed E-state index contributed by atoms with van der Waals surface area (Å²) in [5.41, 5.74) is 0.307. The van der Waals surface area contributed by atoms with Crippen LogP contribution in [0.1, 0.15) is 46.2 Å². The second kappa shape index (κ2) is 7.34. The maximum atomic E-state index is 12.2. The van der Waals surface area contributed by atoms with E-state index in [1.54, 1.807) is 45.9 Å². The molecule has 1 aromatic rings. The number of carbonyl (C=O) groups excluding carboxylic acids is 2. The van der Waals surface area contributed by atoms with Crippen molar-refractivity contribution in [3.63, 3.8) is 0 Å². The molecule has 2 amide bonds. The van der Waals surface area contributed by atoms with Gasteiger partial charge in [0.05, 0.1) is 16.1 Å². The number of hydrogen-bond donors (Lipinski definition) is 2. The smallest absolute Gasteiger partial charge is 0.242 e. The van der Waals surface area contributed by atoms with Crippen molar-refractivity contribution < 1.29 is 9.59 Å². The van der Waals surface area contributed by atoms with Gasteiger partial charge < -0.3 is 10.6 Å². The molecule has 1 aromatic carbocycles. The molecule has 0 aliphatic heterocycles. The van der Waals surface area contributed by atoms with Gasteiger partial charge in [-0.1, -0.05) is 50.0 Å². The van der Waals surface area contributed by atoms with E-state index in [-0.39, 0.29) is 17.9 Å². The number of amides is 2. The molecule has 0 aliphatic rings. The second-order valence-electron chi connectivity index (χ2n) is 6.35. The Hall–Kier alpha value is -1.26. The summed E-state index contributed by atoms with van der Waals surface area (Å²) in [6, 6.07) is 4.35. The van der Waals surface area contributed by atoms with Gasteiger partial charge in [0.25, 0.3) is 0 Å². The van der Waals surface area contributed by atoms with E-state index < -0.39 is 11.5 Å². The molecule has 0 spiro atoms. The highest BCUT2D eigenvalue weighted by molar-refractivity contribution is 6.42. The maximum absolute atomic E-state index is 12.2. The summed E-state index contributed by atoms with van der Waals surface area (Å²) in [4.78, 5) is 24.1. The topological polar surface area (TPSA) is 58.2 Å². The fourth-order valence-electron chi connectivity index (χ4n) is 1.68. The van der Waals surface area contributed by atoms with E-state index in [0.717, 1.165) is 5.56 Å². The van der Waals surface area contributed by atoms with E-state index in [4.69, 9.17) is 23.2 Å². The fraction of sp³-hybridized carbons (Fsp3) is 0.500. The summed E-state index contributed by atoms with van der Waals surface area (Å²) in [5, 5.41) is 6.45. The zero-order valence-corrected chi connectivity index (χ0v) is 15.0. The number of carbonyl (C=O) groups is 2. The molecular formula is C16H22Cl2N2O2. The SMILES string of the molecule is CC(NC(=O)C(C)(C)C)C(=O)NC(C)c1ccc(Cl)c(Cl)c1. The van der Waals surface area contributed by atoms with Crippen molar-refractivity contribution in [3.8, 4) is 0 Å². The highest BCUT2D eigenvalue weighted by Crippen LogP contribution is 2.25. The van der Waals surface area contributed by atoms with Crippen LogP contribution >= 0.6 is 23.2 Å². The summed E-state index contributed by atoms with van der Waals surface area (Å²) in [6.07, 6.45) is 0. The molecule has 0 aromatic heterocycles. The molecule has 122 valence electrons. The summed E-state index contributed by atoms with van der Waals surface area (Å²) >= 11 is 11.8. The number of benzene rings is 1. The number of rotatable bonds is 4. The van der Waals surface area contributed by atoms with Crippen molar-refractivity contribution in [2.45, 2.75) is 46.7 Å². The van der Waals surface area contributed by atoms with E-state index in [9.17, 15) is 9.59 Å². The second-order valence-corrected chi connectivity index (χ2v) is 7.16. The Labute approximate surface area is 141 Å². The van der Waals surface area contributed by atoms with E-state index in [1.165, 1.54) is 0 Å². The Bertz CT molecular complexity index is 568. The molecule has 0 aliphatic carbocycles. The van der Waals surface area contributed by atoms with Gasteiger partial charge in [-0.05, 0) is 31.5 Å². The monoisotopic (exact) mass is 344 g/mol. The van der Waals surface area contributed by atoms with Gasteiger partial charge >= 0.3 is 0 Å². The largest absolute Gasteiger partial charge is 0.348 e. The summed E-state index contributed by atoms with van der Waals surface area (Å²) in [5.74, 6) is -0.423. The van der Waals surface area contributed by atoms with Crippen LogP contribution in [0.4, 0.5) is 0 Å². The third-order valence-corrected chi connectivity index (χ3v) is 3.96. The van der Waals surface area contributed by atoms with Crippen LogP contribution in [-0.4, -0.2) is 17.9 Å². The van der Waals surface area contributed by atoms with Gasteiger partial charge in [0, 0.05) is 5.41 Å². The van der Waals surface area contributed by atoms with Crippen molar-refractivity contribution in [1.29, 1.82) is 0 Å². The molecule has 2 N–H and O–H groups in total. The third kappa shape index (κ3) is 5.18. The van der Waals surface area contributed by atoms with E-state index in [2.05, 4.69) is 10.6 Å². The zero-order chi connectivity index (χ0) is 17.1. The predicted octanol–water partition coefficient (Wildman–Crippen LogP) is 3.72. The van der Waals surface area contributed by atoms with Crippen LogP contribution in [0.15, 0.2) is 18.2 Å². The first-order valence-electron chi connectivity index (χ1n) is 7.08. The normalized spacial score (nSPS) is 14.1. The summed E-state index contributed by atoms with van der Waals surface area (Å²) in [6.45, 7) is 8.89. The molecule has 4 nitrogen and oxygen atoms in total. The summed E-state index contributed by atoms with van der Waals surface area (Å²) in [7, 11) is 0. The van der Waals surface area contributed by atoms with Crippen LogP contribution < -0.4 is 10.6 Å². The molecular weight excluding hydrogens is 323 g/mol. The van der Waals surface area contributed by atoms with Crippen LogP contribution in [-0.2, 0) is 9.59 Å². The molecule has 0 fully saturated rings. The molecule has 22 heavy (non-hydrogen) atoms. The minimum absolute atomic E-state index is 0.169. The fourth-order valence-corrected chi connectivity index (χ4v) is 1.99. The Morgan fingerprint density at radius 2 is 1.64 bits per heavy atom. The zero-order valence-electron chi connectivity index (χ0n) is 13.5. The quantitative estimate of drug-likeness (QED) is 0.874. The van der Waals surface area contributed by atoms with Crippen LogP contribution in [0.25, 0.3) is 0 Å². The standard InChI is InChI=1S/C16H22Cl2N2O2/c1-9(11-6-7-12(17)13(18)8-11)19-14(21)10(2)20-15(22)16(3,4)5/h6-10H,1-5H3,(H,19,21)(H,20,22). The minimum Gasteiger partial charge on any atom is -0.348 e. The van der Waals surface area contributed by atoms with Gasteiger partial charge in [-0.25, -0.2) is 0 Å². The van der Waals surface area contributed by atoms with E-state index >= 15 is 0 Å². The van der Waals surface area contributed by atoms with E-state index in [0.29, 0.717) is 10.0 Å². The van der Waals surface area contributed by atoms with Gasteiger partial charge in [0.2, 0.25) is 11.8 Å². The van der Waals surface area contributed by atoms with Gasteiger partial charge in [-0.3, -0.25) is 9.59 Å². The molecule has 0 saturated carbocycles. The van der Waals surface area contributed by atoms with Gasteiger partial charge in [-0.2, -0.15) is 0 Å². The lowest BCUT2D eigenvalue weighted by Crippen LogP contribution is -2.48. The Kier molecular flexibility index (Phi) is 6.27. The predicted molar refractivity (Wildman–Crippen MR) is 90.1 cm³/mol. The van der Waals surface area contributed by atoms with Gasteiger partial charge in [-0.15, -0.1) is 0 Å². The first kappa shape index (κ1) is 18.8. The molecule has 1 rings (SSSR count). The minimum atomic E-state index is -0.614. The lowest BCUT2D eigenvalue weighted by atomic mass is 9.95. The maximum Gasteiger partial charge on any atom is 0.242 e. The van der Waals surface area contributed by atoms with Crippen molar-refractivity contribution in [3.05, 3.63) is 33.8 Å². The van der Waals surface area contributed by atoms with Crippen LogP contribution in [0.3, 0.4) is 0 Å². The third-order valence-electron chi connectivity index (χ3n) is 3.22. The number of halogens is 2. The van der Waals surface area contributed by atoms with Crippen molar-refractivity contribution in [2.75, 3.05) is 0 Å². The highest BCUT2D eigenvalue weighted by Gasteiger charge is 2.25. The number of hydrogen-bond acceptors (Lipinski definition) is 2. The van der Waals surface area contributed by atoms with Crippen molar-refractivity contribution >= 4 is 35.0 Å². The lowest BCUT2D eigenvalue weighted by molar-refractivity contribution is -0.133. The molecule has 2 atom stereocenters. The van der Waals surface area contributed by atoms with Crippen LogP contribution in [0.2, 0.25) is 10.0 Å². The van der Waals surface area contributed by atoms with Crippen LogP contribution in [0.5, 0.6) is 0 Å². The molecule has 6 heteroatoms. The van der Waals surface area contributed by atoms with E-state index in [1.807, 2.05) is 6.92 Å². The van der Waals surface area contributed by atoms with Crippen molar-refractivity contribution in [1.82, 2.24) is 10.6 Å². The first-order chi connectivity index (χ1) is 10.0. The van der Waals surface area contributed by atoms with Crippen molar-refractivity contribution in [2.24, 2.45) is 5.41 Å². The molecule has 0 saturated heterocycles. The molecule has 0 bridgehead atoms. The Morgan fingerprint density at radius 3 is 2.14 bits per heavy atom. The average molecular weight is 345 g/mol. The highest BCUT2D eigenvalue weighted by atomic mass is 35.5. The van der Waals surface area contributed by atoms with Crippen LogP contribution in [0, 0.1) is 5.41 Å². The number of nitrogens with one attached hydrogen (secondary N) is 2. The Morgan fingerprint density at radius 1 is 1.05 bits per heavy atom. The Balaban J connectivity index is 2.67. The summed E-state index contributed by atoms with van der Waals surface area (Å²) < 4.78 is 0. The van der Waals surface area contributed by atoms with Gasteiger partial charge in [0.15, 0.2) is 0 Å². The average Bonchev–Trinajstić information content (AvgIpc) is 2.40. The molecule has 2 unspecified atom stereocenters. The molecule has 0 radical (unpaired) electrons. The van der Waals surface area contributed by atoms with Gasteiger partial charge in [0.1, 0.15) is 6.04 Å².